The van der Waals surface area contributed by atoms with Crippen LogP contribution in [-0.2, 0) is 10.2 Å². The first-order valence-corrected chi connectivity index (χ1v) is 8.27. The van der Waals surface area contributed by atoms with Gasteiger partial charge in [-0.1, -0.05) is 0 Å². The third-order valence-electron chi connectivity index (χ3n) is 3.15. The molecule has 0 fully saturated rings. The van der Waals surface area contributed by atoms with Crippen molar-refractivity contribution in [3.8, 4) is 0 Å². The molecule has 0 aromatic rings. The van der Waals surface area contributed by atoms with Crippen molar-refractivity contribution < 1.29 is 13.5 Å². The van der Waals surface area contributed by atoms with Gasteiger partial charge in [-0.2, -0.15) is 12.7 Å². The number of rotatable bonds is 11. The standard InChI is InChI=1S/C12H29N3O3S/c1-12(2)14(3)9-6-5-8-13-19(17,18)15(4)10-7-11-16/h12-13,16H,5-11H2,1-4H3. The summed E-state index contributed by atoms with van der Waals surface area (Å²) in [7, 11) is 0.194. The lowest BCUT2D eigenvalue weighted by Crippen LogP contribution is -2.39. The van der Waals surface area contributed by atoms with Crippen molar-refractivity contribution in [2.24, 2.45) is 0 Å². The highest BCUT2D eigenvalue weighted by Crippen LogP contribution is 1.99. The van der Waals surface area contributed by atoms with Gasteiger partial charge in [-0.15, -0.1) is 0 Å². The Morgan fingerprint density at radius 1 is 1.11 bits per heavy atom. The Balaban J connectivity index is 3.81. The third kappa shape index (κ3) is 8.54. The topological polar surface area (TPSA) is 72.9 Å². The molecule has 0 saturated carbocycles. The number of hydrogen-bond donors (Lipinski definition) is 2. The Morgan fingerprint density at radius 3 is 2.26 bits per heavy atom. The van der Waals surface area contributed by atoms with Gasteiger partial charge in [-0.25, -0.2) is 4.72 Å². The van der Waals surface area contributed by atoms with Crippen LogP contribution in [0.4, 0.5) is 0 Å². The number of aliphatic hydroxyl groups is 1. The van der Waals surface area contributed by atoms with Gasteiger partial charge >= 0.3 is 0 Å². The van der Waals surface area contributed by atoms with Crippen LogP contribution < -0.4 is 4.72 Å². The predicted octanol–water partition coefficient (Wildman–Crippen LogP) is 0.255. The highest BCUT2D eigenvalue weighted by Gasteiger charge is 2.15. The zero-order valence-electron chi connectivity index (χ0n) is 12.6. The fraction of sp³-hybridized carbons (Fsp3) is 1.00. The maximum Gasteiger partial charge on any atom is 0.279 e. The second-order valence-electron chi connectivity index (χ2n) is 5.08. The van der Waals surface area contributed by atoms with Gasteiger partial charge in [0.2, 0.25) is 0 Å². The van der Waals surface area contributed by atoms with E-state index in [1.165, 1.54) is 11.4 Å². The molecule has 0 radical (unpaired) electrons. The van der Waals surface area contributed by atoms with E-state index >= 15 is 0 Å². The average molecular weight is 295 g/mol. The number of nitrogens with zero attached hydrogens (tertiary/aromatic N) is 2. The Labute approximate surface area is 118 Å². The van der Waals surface area contributed by atoms with E-state index < -0.39 is 10.2 Å². The second-order valence-corrected chi connectivity index (χ2v) is 6.94. The van der Waals surface area contributed by atoms with E-state index in [4.69, 9.17) is 5.11 Å². The van der Waals surface area contributed by atoms with E-state index in [2.05, 4.69) is 30.5 Å². The summed E-state index contributed by atoms with van der Waals surface area (Å²) in [5.74, 6) is 0. The molecular weight excluding hydrogens is 266 g/mol. The molecule has 0 spiro atoms. The first kappa shape index (κ1) is 18.8. The highest BCUT2D eigenvalue weighted by atomic mass is 32.2. The SMILES string of the molecule is CC(C)N(C)CCCCNS(=O)(=O)N(C)CCCO. The van der Waals surface area contributed by atoms with Crippen LogP contribution in [0.1, 0.15) is 33.1 Å². The van der Waals surface area contributed by atoms with Gasteiger partial charge in [0.25, 0.3) is 10.2 Å². The minimum Gasteiger partial charge on any atom is -0.396 e. The molecule has 0 atom stereocenters. The van der Waals surface area contributed by atoms with Crippen LogP contribution >= 0.6 is 0 Å². The molecule has 116 valence electrons. The molecule has 0 aliphatic rings. The van der Waals surface area contributed by atoms with E-state index in [1.54, 1.807) is 0 Å². The molecule has 0 saturated heterocycles. The largest absolute Gasteiger partial charge is 0.396 e. The molecule has 0 unspecified atom stereocenters. The normalized spacial score (nSPS) is 12.8. The van der Waals surface area contributed by atoms with Crippen molar-refractivity contribution in [1.82, 2.24) is 13.9 Å². The third-order valence-corrected chi connectivity index (χ3v) is 4.72. The lowest BCUT2D eigenvalue weighted by molar-refractivity contribution is 0.268. The smallest absolute Gasteiger partial charge is 0.279 e. The van der Waals surface area contributed by atoms with Gasteiger partial charge < -0.3 is 10.0 Å². The summed E-state index contributed by atoms with van der Waals surface area (Å²) < 4.78 is 27.3. The Kier molecular flexibility index (Phi) is 9.55. The molecular formula is C12H29N3O3S. The van der Waals surface area contributed by atoms with Crippen LogP contribution in [0.2, 0.25) is 0 Å². The summed E-state index contributed by atoms with van der Waals surface area (Å²) in [4.78, 5) is 2.24. The van der Waals surface area contributed by atoms with E-state index in [0.29, 0.717) is 25.6 Å². The quantitative estimate of drug-likeness (QED) is 0.536. The van der Waals surface area contributed by atoms with Crippen molar-refractivity contribution in [3.63, 3.8) is 0 Å². The van der Waals surface area contributed by atoms with E-state index in [1.807, 2.05) is 0 Å². The molecule has 0 heterocycles. The summed E-state index contributed by atoms with van der Waals surface area (Å²) in [6.07, 6.45) is 2.25. The molecule has 19 heavy (non-hydrogen) atoms. The second kappa shape index (κ2) is 9.66. The number of unbranched alkanes of at least 4 members (excludes halogenated alkanes) is 1. The highest BCUT2D eigenvalue weighted by molar-refractivity contribution is 7.87. The Bertz CT molecular complexity index is 320. The van der Waals surface area contributed by atoms with Gasteiger partial charge in [-0.3, -0.25) is 0 Å². The Morgan fingerprint density at radius 2 is 1.74 bits per heavy atom. The van der Waals surface area contributed by atoms with Crippen molar-refractivity contribution in [1.29, 1.82) is 0 Å². The zero-order valence-corrected chi connectivity index (χ0v) is 13.4. The van der Waals surface area contributed by atoms with Crippen molar-refractivity contribution in [2.45, 2.75) is 39.2 Å². The monoisotopic (exact) mass is 295 g/mol. The zero-order chi connectivity index (χ0) is 14.9. The number of hydrogen-bond acceptors (Lipinski definition) is 4. The molecule has 7 heteroatoms. The van der Waals surface area contributed by atoms with Gasteiger partial charge in [-0.05, 0) is 46.7 Å². The number of aliphatic hydroxyl groups excluding tert-OH is 1. The van der Waals surface area contributed by atoms with Crippen molar-refractivity contribution in [2.75, 3.05) is 40.3 Å². The van der Waals surface area contributed by atoms with Crippen LogP contribution in [0, 0.1) is 0 Å². The van der Waals surface area contributed by atoms with E-state index in [-0.39, 0.29) is 6.61 Å². The molecule has 0 rings (SSSR count). The van der Waals surface area contributed by atoms with Crippen molar-refractivity contribution >= 4 is 10.2 Å². The molecule has 0 aromatic heterocycles. The van der Waals surface area contributed by atoms with Crippen LogP contribution in [0.5, 0.6) is 0 Å². The summed E-state index contributed by atoms with van der Waals surface area (Å²) in [6.45, 7) is 6.04. The summed E-state index contributed by atoms with van der Waals surface area (Å²) >= 11 is 0. The summed E-state index contributed by atoms with van der Waals surface area (Å²) in [5, 5.41) is 8.68. The van der Waals surface area contributed by atoms with Gasteiger partial charge in [0, 0.05) is 32.8 Å². The molecule has 0 bridgehead atoms. The van der Waals surface area contributed by atoms with Gasteiger partial charge in [0.15, 0.2) is 0 Å². The van der Waals surface area contributed by atoms with Gasteiger partial charge in [0.05, 0.1) is 0 Å². The van der Waals surface area contributed by atoms with Crippen LogP contribution in [0.3, 0.4) is 0 Å². The maximum atomic E-state index is 11.8. The van der Waals surface area contributed by atoms with E-state index in [9.17, 15) is 8.42 Å². The lowest BCUT2D eigenvalue weighted by atomic mass is 10.2. The maximum absolute atomic E-state index is 11.8. The first-order chi connectivity index (χ1) is 8.81. The molecule has 0 aliphatic carbocycles. The van der Waals surface area contributed by atoms with Crippen LogP contribution in [-0.4, -0.2) is 69.1 Å². The fourth-order valence-corrected chi connectivity index (χ4v) is 2.46. The molecule has 0 amide bonds. The molecule has 6 nitrogen and oxygen atoms in total. The van der Waals surface area contributed by atoms with Crippen LogP contribution in [0.15, 0.2) is 0 Å². The number of nitrogens with one attached hydrogen (secondary N) is 1. The average Bonchev–Trinajstić information content (AvgIpc) is 2.34. The fourth-order valence-electron chi connectivity index (χ4n) is 1.47. The van der Waals surface area contributed by atoms with Gasteiger partial charge in [0.1, 0.15) is 0 Å². The minimum atomic E-state index is -3.39. The summed E-state index contributed by atoms with van der Waals surface area (Å²) in [6, 6.07) is 0.515. The first-order valence-electron chi connectivity index (χ1n) is 6.83. The van der Waals surface area contributed by atoms with E-state index in [0.717, 1.165) is 19.4 Å². The van der Waals surface area contributed by atoms with Crippen LogP contribution in [0.25, 0.3) is 0 Å². The molecule has 2 N–H and O–H groups in total. The summed E-state index contributed by atoms with van der Waals surface area (Å²) in [5.41, 5.74) is 0. The minimum absolute atomic E-state index is 0.00139. The molecule has 0 aromatic carbocycles. The predicted molar refractivity (Wildman–Crippen MR) is 78.3 cm³/mol. The lowest BCUT2D eigenvalue weighted by Gasteiger charge is -2.21. The van der Waals surface area contributed by atoms with Crippen molar-refractivity contribution in [3.05, 3.63) is 0 Å². The Hall–Kier alpha value is -0.210. The molecule has 0 aliphatic heterocycles.